The Hall–Kier alpha value is -0.870. The summed E-state index contributed by atoms with van der Waals surface area (Å²) in [5.41, 5.74) is 1.23. The van der Waals surface area contributed by atoms with Crippen LogP contribution in [0.25, 0.3) is 4.96 Å². The molecule has 0 radical (unpaired) electrons. The van der Waals surface area contributed by atoms with Crippen molar-refractivity contribution in [2.24, 2.45) is 5.92 Å². The largest absolute Gasteiger partial charge is 0.314 e. The summed E-state index contributed by atoms with van der Waals surface area (Å²) in [7, 11) is 0. The van der Waals surface area contributed by atoms with E-state index in [9.17, 15) is 0 Å². The second kappa shape index (κ2) is 5.41. The average molecular weight is 263 g/mol. The van der Waals surface area contributed by atoms with Crippen molar-refractivity contribution in [1.29, 1.82) is 0 Å². The molecule has 1 aliphatic carbocycles. The number of hydrogen-bond donors (Lipinski definition) is 1. The van der Waals surface area contributed by atoms with E-state index >= 15 is 0 Å². The fourth-order valence-corrected chi connectivity index (χ4v) is 3.19. The minimum Gasteiger partial charge on any atom is -0.314 e. The molecule has 0 amide bonds. The van der Waals surface area contributed by atoms with Crippen molar-refractivity contribution in [2.45, 2.75) is 45.1 Å². The maximum atomic E-state index is 4.69. The minimum atomic E-state index is 0.613. The number of nitrogens with zero attached hydrogens (tertiary/aromatic N) is 2. The highest BCUT2D eigenvalue weighted by atomic mass is 32.1. The van der Waals surface area contributed by atoms with E-state index in [1.54, 1.807) is 11.3 Å². The first-order chi connectivity index (χ1) is 8.85. The van der Waals surface area contributed by atoms with Gasteiger partial charge in [0.25, 0.3) is 0 Å². The smallest absolute Gasteiger partial charge is 0.193 e. The standard InChI is InChI=1S/C14H21N3S/c1-2-5-15-12(8-11-3-4-11)9-13-10-17-6-7-18-14(17)16-13/h6-7,10-12,15H,2-5,8-9H2,1H3. The lowest BCUT2D eigenvalue weighted by molar-refractivity contribution is 0.452. The molecule has 3 rings (SSSR count). The van der Waals surface area contributed by atoms with Crippen molar-refractivity contribution in [1.82, 2.24) is 14.7 Å². The molecule has 18 heavy (non-hydrogen) atoms. The van der Waals surface area contributed by atoms with E-state index in [1.165, 1.54) is 31.4 Å². The van der Waals surface area contributed by atoms with Gasteiger partial charge in [-0.25, -0.2) is 4.98 Å². The summed E-state index contributed by atoms with van der Waals surface area (Å²) < 4.78 is 2.13. The van der Waals surface area contributed by atoms with E-state index in [4.69, 9.17) is 0 Å². The highest BCUT2D eigenvalue weighted by molar-refractivity contribution is 7.15. The Kier molecular flexibility index (Phi) is 3.66. The van der Waals surface area contributed by atoms with Crippen LogP contribution in [0.15, 0.2) is 17.8 Å². The Bertz CT molecular complexity index is 469. The first kappa shape index (κ1) is 12.2. The van der Waals surface area contributed by atoms with Crippen LogP contribution in [0.2, 0.25) is 0 Å². The van der Waals surface area contributed by atoms with Crippen molar-refractivity contribution in [3.8, 4) is 0 Å². The van der Waals surface area contributed by atoms with E-state index < -0.39 is 0 Å². The lowest BCUT2D eigenvalue weighted by atomic mass is 10.1. The number of nitrogens with one attached hydrogen (secondary N) is 1. The van der Waals surface area contributed by atoms with Gasteiger partial charge < -0.3 is 5.32 Å². The molecular formula is C14H21N3S. The summed E-state index contributed by atoms with van der Waals surface area (Å²) >= 11 is 1.71. The molecule has 1 aliphatic rings. The quantitative estimate of drug-likeness (QED) is 0.831. The third-order valence-corrected chi connectivity index (χ3v) is 4.37. The number of fused-ring (bicyclic) bond motifs is 1. The van der Waals surface area contributed by atoms with Crippen molar-refractivity contribution in [3.63, 3.8) is 0 Å². The number of imidazole rings is 1. The zero-order valence-electron chi connectivity index (χ0n) is 10.9. The number of thiazole rings is 1. The third-order valence-electron chi connectivity index (χ3n) is 3.60. The maximum absolute atomic E-state index is 4.69. The molecule has 98 valence electrons. The number of aromatic nitrogens is 2. The second-order valence-electron chi connectivity index (χ2n) is 5.36. The molecule has 2 aromatic heterocycles. The van der Waals surface area contributed by atoms with E-state index in [0.717, 1.165) is 23.8 Å². The normalized spacial score (nSPS) is 17.4. The van der Waals surface area contributed by atoms with Crippen LogP contribution in [0, 0.1) is 5.92 Å². The molecular weight excluding hydrogens is 242 g/mol. The highest BCUT2D eigenvalue weighted by Crippen LogP contribution is 2.34. The van der Waals surface area contributed by atoms with Gasteiger partial charge in [0, 0.05) is 30.2 Å². The van der Waals surface area contributed by atoms with Crippen molar-refractivity contribution in [3.05, 3.63) is 23.5 Å². The molecule has 2 heterocycles. The molecule has 3 nitrogen and oxygen atoms in total. The van der Waals surface area contributed by atoms with Gasteiger partial charge in [-0.2, -0.15) is 0 Å². The first-order valence-electron chi connectivity index (χ1n) is 6.99. The van der Waals surface area contributed by atoms with Gasteiger partial charge in [0.15, 0.2) is 4.96 Å². The fourth-order valence-electron chi connectivity index (χ4n) is 2.47. The molecule has 1 saturated carbocycles. The highest BCUT2D eigenvalue weighted by Gasteiger charge is 2.25. The molecule has 4 heteroatoms. The summed E-state index contributed by atoms with van der Waals surface area (Å²) in [5.74, 6) is 0.975. The SMILES string of the molecule is CCCNC(Cc1cn2ccsc2n1)CC1CC1. The van der Waals surface area contributed by atoms with Gasteiger partial charge in [0.05, 0.1) is 5.69 Å². The zero-order chi connectivity index (χ0) is 12.4. The molecule has 0 spiro atoms. The van der Waals surface area contributed by atoms with Gasteiger partial charge in [-0.15, -0.1) is 11.3 Å². The van der Waals surface area contributed by atoms with E-state index in [0.29, 0.717) is 6.04 Å². The molecule has 1 atom stereocenters. The van der Waals surface area contributed by atoms with Crippen LogP contribution in [0.1, 0.15) is 38.3 Å². The molecule has 2 aromatic rings. The average Bonchev–Trinajstić information content (AvgIpc) is 2.91. The Labute approximate surface area is 112 Å². The first-order valence-corrected chi connectivity index (χ1v) is 7.87. The van der Waals surface area contributed by atoms with E-state index in [1.807, 2.05) is 0 Å². The van der Waals surface area contributed by atoms with Crippen LogP contribution in [0.5, 0.6) is 0 Å². The topological polar surface area (TPSA) is 29.3 Å². The molecule has 0 aromatic carbocycles. The van der Waals surface area contributed by atoms with Gasteiger partial charge in [-0.3, -0.25) is 4.40 Å². The molecule has 1 N–H and O–H groups in total. The van der Waals surface area contributed by atoms with Gasteiger partial charge in [0.2, 0.25) is 0 Å². The summed E-state index contributed by atoms with van der Waals surface area (Å²) in [6, 6.07) is 0.613. The maximum Gasteiger partial charge on any atom is 0.193 e. The van der Waals surface area contributed by atoms with Gasteiger partial charge in [0.1, 0.15) is 0 Å². The Morgan fingerprint density at radius 3 is 3.17 bits per heavy atom. The van der Waals surface area contributed by atoms with Crippen LogP contribution in [0.4, 0.5) is 0 Å². The van der Waals surface area contributed by atoms with Crippen LogP contribution in [0.3, 0.4) is 0 Å². The van der Waals surface area contributed by atoms with Crippen molar-refractivity contribution < 1.29 is 0 Å². The molecule has 0 bridgehead atoms. The van der Waals surface area contributed by atoms with Gasteiger partial charge in [-0.1, -0.05) is 19.8 Å². The molecule has 0 aliphatic heterocycles. The van der Waals surface area contributed by atoms with Crippen LogP contribution in [-0.2, 0) is 6.42 Å². The summed E-state index contributed by atoms with van der Waals surface area (Å²) in [5, 5.41) is 5.77. The van der Waals surface area contributed by atoms with Gasteiger partial charge >= 0.3 is 0 Å². The molecule has 1 fully saturated rings. The van der Waals surface area contributed by atoms with Crippen LogP contribution < -0.4 is 5.32 Å². The van der Waals surface area contributed by atoms with Crippen molar-refractivity contribution >= 4 is 16.3 Å². The van der Waals surface area contributed by atoms with Crippen LogP contribution >= 0.6 is 11.3 Å². The molecule has 1 unspecified atom stereocenters. The Morgan fingerprint density at radius 2 is 2.44 bits per heavy atom. The third kappa shape index (κ3) is 2.93. The van der Waals surface area contributed by atoms with E-state index in [-0.39, 0.29) is 0 Å². The Balaban J connectivity index is 1.64. The Morgan fingerprint density at radius 1 is 1.56 bits per heavy atom. The fraction of sp³-hybridized carbons (Fsp3) is 0.643. The predicted molar refractivity (Wildman–Crippen MR) is 76.2 cm³/mol. The minimum absolute atomic E-state index is 0.613. The predicted octanol–water partition coefficient (Wildman–Crippen LogP) is 3.11. The summed E-state index contributed by atoms with van der Waals surface area (Å²) in [4.78, 5) is 5.81. The summed E-state index contributed by atoms with van der Waals surface area (Å²) in [6.07, 6.45) is 10.7. The van der Waals surface area contributed by atoms with Crippen molar-refractivity contribution in [2.75, 3.05) is 6.54 Å². The van der Waals surface area contributed by atoms with Gasteiger partial charge in [-0.05, 0) is 25.3 Å². The second-order valence-corrected chi connectivity index (χ2v) is 6.23. The number of hydrogen-bond acceptors (Lipinski definition) is 3. The lowest BCUT2D eigenvalue weighted by Crippen LogP contribution is -2.32. The monoisotopic (exact) mass is 263 g/mol. The van der Waals surface area contributed by atoms with E-state index in [2.05, 4.69) is 39.4 Å². The number of rotatable bonds is 7. The lowest BCUT2D eigenvalue weighted by Gasteiger charge is -2.17. The summed E-state index contributed by atoms with van der Waals surface area (Å²) in [6.45, 7) is 3.35. The molecule has 0 saturated heterocycles. The zero-order valence-corrected chi connectivity index (χ0v) is 11.7. The van der Waals surface area contributed by atoms with Crippen LogP contribution in [-0.4, -0.2) is 22.0 Å².